The lowest BCUT2D eigenvalue weighted by Gasteiger charge is -2.14. The van der Waals surface area contributed by atoms with Gasteiger partial charge in [-0.1, -0.05) is 5.16 Å². The molecule has 0 saturated heterocycles. The van der Waals surface area contributed by atoms with Gasteiger partial charge in [0, 0.05) is 5.39 Å². The number of nitriles is 1. The maximum atomic E-state index is 13.1. The van der Waals surface area contributed by atoms with E-state index in [2.05, 4.69) is 20.0 Å². The first-order chi connectivity index (χ1) is 11.6. The Morgan fingerprint density at radius 3 is 2.36 bits per heavy atom. The molecule has 25 heavy (non-hydrogen) atoms. The van der Waals surface area contributed by atoms with Crippen LogP contribution in [0, 0.1) is 11.3 Å². The van der Waals surface area contributed by atoms with Gasteiger partial charge in [-0.15, -0.1) is 0 Å². The molecule has 0 spiro atoms. The lowest BCUT2D eigenvalue weighted by atomic mass is 10.0. The third kappa shape index (κ3) is 3.96. The summed E-state index contributed by atoms with van der Waals surface area (Å²) in [4.78, 5) is 11.2. The van der Waals surface area contributed by atoms with Crippen molar-refractivity contribution in [1.29, 1.82) is 5.26 Å². The van der Waals surface area contributed by atoms with E-state index < -0.39 is 40.6 Å². The molecule has 11 heteroatoms. The summed E-state index contributed by atoms with van der Waals surface area (Å²) in [5.41, 5.74) is -4.12. The molecule has 2 aromatic rings. The van der Waals surface area contributed by atoms with Crippen molar-refractivity contribution in [2.45, 2.75) is 18.3 Å². The Morgan fingerprint density at radius 1 is 1.16 bits per heavy atom. The van der Waals surface area contributed by atoms with E-state index in [0.29, 0.717) is 0 Å². The average Bonchev–Trinajstić information content (AvgIpc) is 2.52. The zero-order valence-corrected chi connectivity index (χ0v) is 12.4. The number of rotatable bonds is 3. The van der Waals surface area contributed by atoms with Gasteiger partial charge in [-0.3, -0.25) is 0 Å². The summed E-state index contributed by atoms with van der Waals surface area (Å²) in [6.07, 6.45) is -9.11. The number of hydrogen-bond acceptors (Lipinski definition) is 5. The van der Waals surface area contributed by atoms with E-state index in [1.54, 1.807) is 6.07 Å². The molecule has 0 aromatic carbocycles. The van der Waals surface area contributed by atoms with Gasteiger partial charge in [-0.2, -0.15) is 31.6 Å². The molecular weight excluding hydrogens is 354 g/mol. The van der Waals surface area contributed by atoms with Gasteiger partial charge in [-0.25, -0.2) is 9.97 Å². The van der Waals surface area contributed by atoms with Crippen LogP contribution < -0.4 is 0 Å². The summed E-state index contributed by atoms with van der Waals surface area (Å²) in [6, 6.07) is 3.67. The molecule has 0 saturated carbocycles. The van der Waals surface area contributed by atoms with E-state index in [-0.39, 0.29) is 11.8 Å². The van der Waals surface area contributed by atoms with Crippen LogP contribution in [0.1, 0.15) is 22.9 Å². The van der Waals surface area contributed by atoms with Crippen molar-refractivity contribution in [3.8, 4) is 6.07 Å². The molecule has 0 fully saturated rings. The number of fused-ring (bicyclic) bond motifs is 1. The fraction of sp³-hybridized carbons (Fsp3) is 0.286. The van der Waals surface area contributed by atoms with Crippen LogP contribution in [0.5, 0.6) is 0 Å². The number of hydrogen-bond donors (Lipinski definition) is 0. The van der Waals surface area contributed by atoms with Gasteiger partial charge in [0.05, 0.1) is 23.5 Å². The van der Waals surface area contributed by atoms with Crippen LogP contribution in [-0.2, 0) is 17.2 Å². The predicted octanol–water partition coefficient (Wildman–Crippen LogP) is 3.91. The number of alkyl halides is 6. The molecule has 1 atom stereocenters. The number of pyridine rings is 2. The molecule has 5 nitrogen and oxygen atoms in total. The summed E-state index contributed by atoms with van der Waals surface area (Å²) in [6.45, 7) is 0. The highest BCUT2D eigenvalue weighted by Crippen LogP contribution is 2.38. The first-order valence-corrected chi connectivity index (χ1v) is 6.50. The highest BCUT2D eigenvalue weighted by Gasteiger charge is 2.39. The van der Waals surface area contributed by atoms with Crippen molar-refractivity contribution < 1.29 is 31.2 Å². The van der Waals surface area contributed by atoms with E-state index in [0.717, 1.165) is 18.3 Å². The first kappa shape index (κ1) is 18.4. The van der Waals surface area contributed by atoms with Gasteiger partial charge in [0.2, 0.25) is 0 Å². The maximum Gasteiger partial charge on any atom is 0.433 e. The Bertz CT molecular complexity index is 853. The number of halogens is 6. The van der Waals surface area contributed by atoms with Gasteiger partial charge < -0.3 is 4.84 Å². The normalized spacial score (nSPS) is 13.8. The number of oxime groups is 1. The highest BCUT2D eigenvalue weighted by molar-refractivity contribution is 5.81. The molecule has 0 N–H and O–H groups in total. The van der Waals surface area contributed by atoms with E-state index in [4.69, 9.17) is 5.26 Å². The van der Waals surface area contributed by atoms with E-state index >= 15 is 0 Å². The van der Waals surface area contributed by atoms with Crippen molar-refractivity contribution in [1.82, 2.24) is 9.97 Å². The molecule has 132 valence electrons. The first-order valence-electron chi connectivity index (χ1n) is 6.50. The molecule has 0 aliphatic rings. The summed E-state index contributed by atoms with van der Waals surface area (Å²) in [7, 11) is 1.20. The van der Waals surface area contributed by atoms with Crippen LogP contribution in [0.3, 0.4) is 0 Å². The monoisotopic (exact) mass is 362 g/mol. The van der Waals surface area contributed by atoms with E-state index in [9.17, 15) is 26.3 Å². The Hall–Kier alpha value is -2.90. The van der Waals surface area contributed by atoms with Crippen LogP contribution in [0.2, 0.25) is 0 Å². The van der Waals surface area contributed by atoms with Crippen LogP contribution in [0.15, 0.2) is 23.4 Å². The smallest absolute Gasteiger partial charge is 0.399 e. The molecule has 0 aliphatic carbocycles. The third-order valence-corrected chi connectivity index (χ3v) is 3.06. The van der Waals surface area contributed by atoms with Gasteiger partial charge >= 0.3 is 12.4 Å². The van der Waals surface area contributed by atoms with Crippen molar-refractivity contribution in [3.05, 3.63) is 35.2 Å². The van der Waals surface area contributed by atoms with E-state index in [1.165, 1.54) is 7.11 Å². The van der Waals surface area contributed by atoms with Crippen LogP contribution in [0.4, 0.5) is 26.3 Å². The second kappa shape index (κ2) is 6.54. The van der Waals surface area contributed by atoms with Crippen molar-refractivity contribution in [3.63, 3.8) is 0 Å². The van der Waals surface area contributed by atoms with Crippen molar-refractivity contribution >= 4 is 17.2 Å². The fourth-order valence-corrected chi connectivity index (χ4v) is 1.97. The summed E-state index contributed by atoms with van der Waals surface area (Å²) < 4.78 is 77.7. The molecule has 0 amide bonds. The Morgan fingerprint density at radius 2 is 1.84 bits per heavy atom. The fourth-order valence-electron chi connectivity index (χ4n) is 1.97. The van der Waals surface area contributed by atoms with Crippen molar-refractivity contribution in [2.75, 3.05) is 7.11 Å². The zero-order chi connectivity index (χ0) is 18.8. The lowest BCUT2D eigenvalue weighted by Crippen LogP contribution is -2.14. The largest absolute Gasteiger partial charge is 0.433 e. The SMILES string of the molecule is CO/N=C/C(C#N)c1ccc2c(C(F)(F)F)cc(C(F)(F)F)nc2n1. The quantitative estimate of drug-likeness (QED) is 0.472. The summed E-state index contributed by atoms with van der Waals surface area (Å²) in [5.74, 6) is -1.13. The Labute approximate surface area is 136 Å². The average molecular weight is 362 g/mol. The molecule has 0 bridgehead atoms. The molecule has 0 aliphatic heterocycles. The van der Waals surface area contributed by atoms with Gasteiger partial charge in [0.15, 0.2) is 5.65 Å². The molecule has 1 unspecified atom stereocenters. The second-order valence-electron chi connectivity index (χ2n) is 4.70. The van der Waals surface area contributed by atoms with Gasteiger partial charge in [-0.05, 0) is 18.2 Å². The van der Waals surface area contributed by atoms with Crippen LogP contribution in [0.25, 0.3) is 11.0 Å². The standard InChI is InChI=1S/C14H8F6N4O/c1-25-22-6-7(5-21)10-3-2-8-9(13(15,16)17)4-11(14(18,19)20)24-12(8)23-10/h2-4,6-7H,1H3/b22-6+. The minimum absolute atomic E-state index is 0.0716. The van der Waals surface area contributed by atoms with Gasteiger partial charge in [0.1, 0.15) is 18.7 Å². The minimum atomic E-state index is -5.09. The lowest BCUT2D eigenvalue weighted by molar-refractivity contribution is -0.144. The summed E-state index contributed by atoms with van der Waals surface area (Å²) in [5, 5.41) is 11.8. The predicted molar refractivity (Wildman–Crippen MR) is 73.4 cm³/mol. The van der Waals surface area contributed by atoms with Crippen molar-refractivity contribution in [2.24, 2.45) is 5.16 Å². The molecule has 2 rings (SSSR count). The molecular formula is C14H8F6N4O. The van der Waals surface area contributed by atoms with Crippen LogP contribution in [-0.4, -0.2) is 23.3 Å². The zero-order valence-electron chi connectivity index (χ0n) is 12.4. The number of aromatic nitrogens is 2. The van der Waals surface area contributed by atoms with Crippen LogP contribution >= 0.6 is 0 Å². The summed E-state index contributed by atoms with van der Waals surface area (Å²) >= 11 is 0. The Balaban J connectivity index is 2.72. The highest BCUT2D eigenvalue weighted by atomic mass is 19.4. The maximum absolute atomic E-state index is 13.1. The molecule has 0 radical (unpaired) electrons. The second-order valence-corrected chi connectivity index (χ2v) is 4.70. The Kier molecular flexibility index (Phi) is 4.82. The van der Waals surface area contributed by atoms with E-state index in [1.807, 2.05) is 0 Å². The minimum Gasteiger partial charge on any atom is -0.399 e. The third-order valence-electron chi connectivity index (χ3n) is 3.06. The topological polar surface area (TPSA) is 71.2 Å². The van der Waals surface area contributed by atoms with Gasteiger partial charge in [0.25, 0.3) is 0 Å². The molecule has 2 heterocycles. The number of nitrogens with zero attached hydrogens (tertiary/aromatic N) is 4. The molecule has 2 aromatic heterocycles.